The van der Waals surface area contributed by atoms with Gasteiger partial charge in [-0.05, 0) is 48.9 Å². The highest BCUT2D eigenvalue weighted by Crippen LogP contribution is 2.31. The normalized spacial score (nSPS) is 16.8. The Hall–Kier alpha value is -3.03. The predicted molar refractivity (Wildman–Crippen MR) is 103 cm³/mol. The summed E-state index contributed by atoms with van der Waals surface area (Å²) in [6.45, 7) is 2.76. The van der Waals surface area contributed by atoms with Crippen LogP contribution < -0.4 is 15.0 Å². The summed E-state index contributed by atoms with van der Waals surface area (Å²) in [6, 6.07) is 11.4. The van der Waals surface area contributed by atoms with E-state index in [1.54, 1.807) is 24.3 Å². The Morgan fingerprint density at radius 1 is 1.21 bits per heavy atom. The number of amides is 2. The van der Waals surface area contributed by atoms with Crippen LogP contribution in [0.5, 0.6) is 5.75 Å². The van der Waals surface area contributed by atoms with E-state index >= 15 is 0 Å². The number of hydrogen-bond donors (Lipinski definition) is 1. The maximum absolute atomic E-state index is 12.8. The van der Waals surface area contributed by atoms with Gasteiger partial charge >= 0.3 is 6.18 Å². The Kier molecular flexibility index (Phi) is 6.10. The highest BCUT2D eigenvalue weighted by atomic mass is 19.4. The zero-order valence-electron chi connectivity index (χ0n) is 15.8. The van der Waals surface area contributed by atoms with Crippen LogP contribution in [0.1, 0.15) is 25.3 Å². The summed E-state index contributed by atoms with van der Waals surface area (Å²) in [4.78, 5) is 26.3. The van der Waals surface area contributed by atoms with Crippen molar-refractivity contribution < 1.29 is 27.5 Å². The molecule has 5 nitrogen and oxygen atoms in total. The van der Waals surface area contributed by atoms with Gasteiger partial charge in [-0.1, -0.05) is 13.0 Å². The van der Waals surface area contributed by atoms with Gasteiger partial charge in [-0.2, -0.15) is 13.2 Å². The second-order valence-electron chi connectivity index (χ2n) is 6.82. The lowest BCUT2D eigenvalue weighted by Gasteiger charge is -2.17. The smallest absolute Gasteiger partial charge is 0.416 e. The summed E-state index contributed by atoms with van der Waals surface area (Å²) in [5, 5.41) is 2.48. The summed E-state index contributed by atoms with van der Waals surface area (Å²) >= 11 is 0. The molecule has 1 saturated heterocycles. The quantitative estimate of drug-likeness (QED) is 0.769. The lowest BCUT2D eigenvalue weighted by molar-refractivity contribution is -0.137. The van der Waals surface area contributed by atoms with Crippen molar-refractivity contribution in [2.75, 3.05) is 23.4 Å². The first kappa shape index (κ1) is 20.7. The number of nitrogens with one attached hydrogen (secondary N) is 1. The standard InChI is InChI=1S/C21H21F3N2O3/c1-2-10-29-18-8-6-17(7-9-18)26-13-14(11-19(26)27)20(28)25-16-5-3-4-15(12-16)21(22,23)24/h3-9,12,14H,2,10-11,13H2,1H3,(H,25,28). The van der Waals surface area contributed by atoms with Gasteiger partial charge in [0, 0.05) is 24.3 Å². The van der Waals surface area contributed by atoms with Crippen LogP contribution >= 0.6 is 0 Å². The number of carbonyl (C=O) groups excluding carboxylic acids is 2. The molecule has 1 fully saturated rings. The Morgan fingerprint density at radius 3 is 2.59 bits per heavy atom. The van der Waals surface area contributed by atoms with E-state index in [2.05, 4.69) is 5.32 Å². The van der Waals surface area contributed by atoms with Crippen molar-refractivity contribution in [3.05, 3.63) is 54.1 Å². The van der Waals surface area contributed by atoms with Crippen molar-refractivity contribution in [3.63, 3.8) is 0 Å². The summed E-state index contributed by atoms with van der Waals surface area (Å²) in [6.07, 6.45) is -3.61. The van der Waals surface area contributed by atoms with Gasteiger partial charge in [0.25, 0.3) is 0 Å². The lowest BCUT2D eigenvalue weighted by atomic mass is 10.1. The summed E-state index contributed by atoms with van der Waals surface area (Å²) < 4.78 is 44.0. The summed E-state index contributed by atoms with van der Waals surface area (Å²) in [5.41, 5.74) is -0.147. The van der Waals surface area contributed by atoms with Crippen LogP contribution in [0.15, 0.2) is 48.5 Å². The number of ether oxygens (including phenoxy) is 1. The van der Waals surface area contributed by atoms with Gasteiger partial charge in [0.15, 0.2) is 0 Å². The predicted octanol–water partition coefficient (Wildman–Crippen LogP) is 4.49. The molecule has 154 valence electrons. The molecular weight excluding hydrogens is 385 g/mol. The van der Waals surface area contributed by atoms with Crippen molar-refractivity contribution in [2.45, 2.75) is 25.9 Å². The van der Waals surface area contributed by atoms with Crippen LogP contribution in [0, 0.1) is 5.92 Å². The van der Waals surface area contributed by atoms with Crippen LogP contribution in [-0.4, -0.2) is 25.0 Å². The average Bonchev–Trinajstić information content (AvgIpc) is 3.08. The largest absolute Gasteiger partial charge is 0.494 e. The van der Waals surface area contributed by atoms with Crippen LogP contribution in [0.2, 0.25) is 0 Å². The van der Waals surface area contributed by atoms with Crippen LogP contribution in [0.3, 0.4) is 0 Å². The molecule has 8 heteroatoms. The van der Waals surface area contributed by atoms with E-state index < -0.39 is 23.6 Å². The molecule has 1 atom stereocenters. The molecule has 1 aliphatic heterocycles. The number of rotatable bonds is 6. The molecule has 0 radical (unpaired) electrons. The molecule has 29 heavy (non-hydrogen) atoms. The van der Waals surface area contributed by atoms with E-state index in [4.69, 9.17) is 4.74 Å². The molecule has 1 aliphatic rings. The van der Waals surface area contributed by atoms with Crippen molar-refractivity contribution in [3.8, 4) is 5.75 Å². The van der Waals surface area contributed by atoms with E-state index in [1.165, 1.54) is 17.0 Å². The zero-order chi connectivity index (χ0) is 21.0. The van der Waals surface area contributed by atoms with Crippen molar-refractivity contribution >= 4 is 23.2 Å². The second kappa shape index (κ2) is 8.55. The maximum Gasteiger partial charge on any atom is 0.416 e. The van der Waals surface area contributed by atoms with Gasteiger partial charge in [0.05, 0.1) is 18.1 Å². The van der Waals surface area contributed by atoms with Crippen molar-refractivity contribution in [1.29, 1.82) is 0 Å². The average molecular weight is 406 g/mol. The van der Waals surface area contributed by atoms with Gasteiger partial charge in [-0.15, -0.1) is 0 Å². The van der Waals surface area contributed by atoms with Crippen molar-refractivity contribution in [1.82, 2.24) is 0 Å². The minimum atomic E-state index is -4.49. The van der Waals surface area contributed by atoms with Crippen LogP contribution in [-0.2, 0) is 15.8 Å². The first-order chi connectivity index (χ1) is 13.8. The molecule has 0 bridgehead atoms. The van der Waals surface area contributed by atoms with E-state index in [0.29, 0.717) is 18.0 Å². The van der Waals surface area contributed by atoms with E-state index in [-0.39, 0.29) is 24.6 Å². The number of benzene rings is 2. The third kappa shape index (κ3) is 5.07. The number of halogens is 3. The molecule has 2 amide bonds. The molecule has 1 unspecified atom stereocenters. The molecule has 3 rings (SSSR count). The fraction of sp³-hybridized carbons (Fsp3) is 0.333. The fourth-order valence-electron chi connectivity index (χ4n) is 3.09. The molecule has 1 N–H and O–H groups in total. The van der Waals surface area contributed by atoms with E-state index in [0.717, 1.165) is 18.6 Å². The molecule has 2 aromatic rings. The van der Waals surface area contributed by atoms with Gasteiger partial charge in [0.1, 0.15) is 5.75 Å². The minimum Gasteiger partial charge on any atom is -0.494 e. The Bertz CT molecular complexity index is 881. The number of carbonyl (C=O) groups is 2. The number of nitrogens with zero attached hydrogens (tertiary/aromatic N) is 1. The van der Waals surface area contributed by atoms with Gasteiger partial charge < -0.3 is 15.0 Å². The molecule has 0 spiro atoms. The molecular formula is C21H21F3N2O3. The molecule has 2 aromatic carbocycles. The van der Waals surface area contributed by atoms with Gasteiger partial charge in [-0.25, -0.2) is 0 Å². The number of alkyl halides is 3. The number of hydrogen-bond acceptors (Lipinski definition) is 3. The second-order valence-corrected chi connectivity index (χ2v) is 6.82. The highest BCUT2D eigenvalue weighted by Gasteiger charge is 2.35. The SMILES string of the molecule is CCCOc1ccc(N2CC(C(=O)Nc3cccc(C(F)(F)F)c3)CC2=O)cc1. The fourth-order valence-corrected chi connectivity index (χ4v) is 3.09. The first-order valence-electron chi connectivity index (χ1n) is 9.29. The third-order valence-electron chi connectivity index (χ3n) is 4.57. The maximum atomic E-state index is 12.8. The zero-order valence-corrected chi connectivity index (χ0v) is 15.8. The van der Waals surface area contributed by atoms with Crippen LogP contribution in [0.25, 0.3) is 0 Å². The van der Waals surface area contributed by atoms with Crippen LogP contribution in [0.4, 0.5) is 24.5 Å². The molecule has 0 saturated carbocycles. The first-order valence-corrected chi connectivity index (χ1v) is 9.29. The summed E-state index contributed by atoms with van der Waals surface area (Å²) in [7, 11) is 0. The number of anilines is 2. The molecule has 0 aliphatic carbocycles. The monoisotopic (exact) mass is 406 g/mol. The molecule has 0 aromatic heterocycles. The molecule has 1 heterocycles. The summed E-state index contributed by atoms with van der Waals surface area (Å²) in [5.74, 6) is -0.645. The lowest BCUT2D eigenvalue weighted by Crippen LogP contribution is -2.28. The van der Waals surface area contributed by atoms with Gasteiger partial charge in [-0.3, -0.25) is 9.59 Å². The Labute approximate surface area is 166 Å². The van der Waals surface area contributed by atoms with E-state index in [9.17, 15) is 22.8 Å². The van der Waals surface area contributed by atoms with Gasteiger partial charge in [0.2, 0.25) is 11.8 Å². The third-order valence-corrected chi connectivity index (χ3v) is 4.57. The highest BCUT2D eigenvalue weighted by molar-refractivity contribution is 6.03. The Balaban J connectivity index is 1.64. The van der Waals surface area contributed by atoms with E-state index in [1.807, 2.05) is 6.92 Å². The minimum absolute atomic E-state index is 0.00111. The topological polar surface area (TPSA) is 58.6 Å². The van der Waals surface area contributed by atoms with Crippen molar-refractivity contribution in [2.24, 2.45) is 5.92 Å². The Morgan fingerprint density at radius 2 is 1.93 bits per heavy atom.